The van der Waals surface area contributed by atoms with E-state index < -0.39 is 30.2 Å². The Morgan fingerprint density at radius 3 is 1.72 bits per heavy atom. The fraction of sp³-hybridized carbons (Fsp3) is 0. The first-order chi connectivity index (χ1) is 29.7. The molecule has 0 aliphatic carbocycles. The summed E-state index contributed by atoms with van der Waals surface area (Å²) in [6, 6.07) is 54.6. The maximum Gasteiger partial charge on any atom is 0.135 e. The van der Waals surface area contributed by atoms with E-state index in [1.165, 1.54) is 10.8 Å². The highest BCUT2D eigenvalue weighted by Gasteiger charge is 2.15. The maximum absolute atomic E-state index is 8.90. The van der Waals surface area contributed by atoms with Crippen LogP contribution in [0.2, 0.25) is 0 Å². The molecule has 0 unspecified atom stereocenters. The average molecular weight is 697 g/mol. The first kappa shape index (κ1) is 24.9. The molecule has 0 saturated heterocycles. The summed E-state index contributed by atoms with van der Waals surface area (Å²) >= 11 is 0. The molecule has 2 heteroatoms. The van der Waals surface area contributed by atoms with Crippen LogP contribution in [0, 0.1) is 0 Å². The third-order valence-corrected chi connectivity index (χ3v) is 9.98. The van der Waals surface area contributed by atoms with Crippen molar-refractivity contribution in [1.82, 2.24) is 0 Å². The van der Waals surface area contributed by atoms with Crippen LogP contribution in [0.1, 0.15) is 9.60 Å². The minimum atomic E-state index is -0.475. The topological polar surface area (TPSA) is 16.4 Å². The second-order valence-corrected chi connectivity index (χ2v) is 13.2. The fourth-order valence-electron chi connectivity index (χ4n) is 7.30. The molecule has 0 fully saturated rings. The van der Waals surface area contributed by atoms with Gasteiger partial charge in [0.05, 0.1) is 9.60 Å². The Kier molecular flexibility index (Phi) is 6.20. The number of hydrogen-bond acceptors (Lipinski definition) is 2. The van der Waals surface area contributed by atoms with E-state index in [0.29, 0.717) is 5.56 Å². The standard InChI is InChI=1S/C52H35NO/c1-4-17-47-37(10-1)13-8-19-49(47)39-24-30-45(31-25-39)53(46-32-26-40(27-33-46)50-20-9-14-38-11-2-5-18-48(38)50)44-28-22-36(23-29-44)41-15-7-16-42(34-41)52-35-43-12-3-6-21-51(43)54-52/h1-35H/i1D,4D,8D,10D,13D,17D,19D. The molecule has 1 heterocycles. The van der Waals surface area contributed by atoms with Crippen LogP contribution in [-0.2, 0) is 0 Å². The molecule has 10 aromatic rings. The second-order valence-electron chi connectivity index (χ2n) is 13.2. The summed E-state index contributed by atoms with van der Waals surface area (Å²) in [5.41, 5.74) is 9.44. The van der Waals surface area contributed by atoms with Gasteiger partial charge in [0.15, 0.2) is 0 Å². The van der Waals surface area contributed by atoms with Crippen molar-refractivity contribution in [3.8, 4) is 44.7 Å². The smallest absolute Gasteiger partial charge is 0.135 e. The summed E-state index contributed by atoms with van der Waals surface area (Å²) in [7, 11) is 0. The predicted octanol–water partition coefficient (Wildman–Crippen LogP) is 14.9. The van der Waals surface area contributed by atoms with Crippen molar-refractivity contribution in [3.05, 3.63) is 212 Å². The molecule has 2 nitrogen and oxygen atoms in total. The minimum absolute atomic E-state index is 0.0608. The number of benzene rings is 9. The molecule has 0 saturated carbocycles. The predicted molar refractivity (Wildman–Crippen MR) is 228 cm³/mol. The molecule has 0 atom stereocenters. The van der Waals surface area contributed by atoms with E-state index in [2.05, 4.69) is 114 Å². The fourth-order valence-corrected chi connectivity index (χ4v) is 7.30. The Balaban J connectivity index is 1.06. The number of furan rings is 1. The summed E-state index contributed by atoms with van der Waals surface area (Å²) < 4.78 is 66.1. The second kappa shape index (κ2) is 13.4. The van der Waals surface area contributed by atoms with Crippen LogP contribution >= 0.6 is 0 Å². The number of anilines is 3. The van der Waals surface area contributed by atoms with Crippen LogP contribution < -0.4 is 4.90 Å². The minimum Gasteiger partial charge on any atom is -0.456 e. The van der Waals surface area contributed by atoms with Gasteiger partial charge in [-0.2, -0.15) is 0 Å². The van der Waals surface area contributed by atoms with Crippen molar-refractivity contribution in [2.24, 2.45) is 0 Å². The van der Waals surface area contributed by atoms with Crippen LogP contribution in [0.3, 0.4) is 0 Å². The van der Waals surface area contributed by atoms with Crippen LogP contribution in [0.4, 0.5) is 17.1 Å². The lowest BCUT2D eigenvalue weighted by Crippen LogP contribution is -2.09. The molecule has 254 valence electrons. The molecule has 0 aliphatic heterocycles. The maximum atomic E-state index is 8.90. The Bertz CT molecular complexity index is 3280. The summed E-state index contributed by atoms with van der Waals surface area (Å²) in [5.74, 6) is 0.807. The largest absolute Gasteiger partial charge is 0.456 e. The van der Waals surface area contributed by atoms with E-state index >= 15 is 0 Å². The number of nitrogens with zero attached hydrogens (tertiary/aromatic N) is 1. The summed E-state index contributed by atoms with van der Waals surface area (Å²) in [4.78, 5) is 2.14. The molecule has 0 aliphatic rings. The van der Waals surface area contributed by atoms with Crippen LogP contribution in [-0.4, -0.2) is 0 Å². The van der Waals surface area contributed by atoms with Crippen LogP contribution in [0.5, 0.6) is 0 Å². The van der Waals surface area contributed by atoms with Crippen molar-refractivity contribution in [2.75, 3.05) is 4.90 Å². The van der Waals surface area contributed by atoms with Gasteiger partial charge in [0.1, 0.15) is 11.3 Å². The Morgan fingerprint density at radius 1 is 0.370 bits per heavy atom. The zero-order chi connectivity index (χ0) is 41.9. The summed E-state index contributed by atoms with van der Waals surface area (Å²) in [6.45, 7) is 0. The van der Waals surface area contributed by atoms with E-state index in [1.54, 1.807) is 0 Å². The molecule has 9 aromatic carbocycles. The summed E-state index contributed by atoms with van der Waals surface area (Å²) in [5, 5.41) is 3.39. The lowest BCUT2D eigenvalue weighted by atomic mass is 9.97. The molecule has 0 radical (unpaired) electrons. The van der Waals surface area contributed by atoms with Gasteiger partial charge in [0, 0.05) is 28.0 Å². The van der Waals surface area contributed by atoms with Crippen molar-refractivity contribution in [3.63, 3.8) is 0 Å². The molecular weight excluding hydrogens is 655 g/mol. The van der Waals surface area contributed by atoms with Gasteiger partial charge >= 0.3 is 0 Å². The van der Waals surface area contributed by atoms with E-state index in [0.717, 1.165) is 61.6 Å². The first-order valence-electron chi connectivity index (χ1n) is 21.3. The van der Waals surface area contributed by atoms with Crippen LogP contribution in [0.15, 0.2) is 217 Å². The van der Waals surface area contributed by atoms with E-state index in [-0.39, 0.29) is 28.4 Å². The van der Waals surface area contributed by atoms with Crippen molar-refractivity contribution < 1.29 is 14.0 Å². The highest BCUT2D eigenvalue weighted by atomic mass is 16.3. The summed E-state index contributed by atoms with van der Waals surface area (Å²) in [6.07, 6.45) is 0. The van der Waals surface area contributed by atoms with Gasteiger partial charge in [-0.05, 0) is 110 Å². The zero-order valence-electron chi connectivity index (χ0n) is 36.0. The van der Waals surface area contributed by atoms with E-state index in [9.17, 15) is 0 Å². The molecule has 10 rings (SSSR count). The quantitative estimate of drug-likeness (QED) is 0.165. The van der Waals surface area contributed by atoms with E-state index in [4.69, 9.17) is 14.0 Å². The molecule has 54 heavy (non-hydrogen) atoms. The van der Waals surface area contributed by atoms with Gasteiger partial charge < -0.3 is 9.32 Å². The lowest BCUT2D eigenvalue weighted by molar-refractivity contribution is 0.631. The van der Waals surface area contributed by atoms with E-state index in [1.807, 2.05) is 60.7 Å². The van der Waals surface area contributed by atoms with Gasteiger partial charge in [0.2, 0.25) is 0 Å². The molecule has 0 amide bonds. The van der Waals surface area contributed by atoms with Crippen molar-refractivity contribution >= 4 is 49.6 Å². The van der Waals surface area contributed by atoms with Gasteiger partial charge in [-0.15, -0.1) is 0 Å². The molecule has 1 aromatic heterocycles. The zero-order valence-corrected chi connectivity index (χ0v) is 29.0. The molecule has 0 spiro atoms. The highest BCUT2D eigenvalue weighted by Crippen LogP contribution is 2.40. The SMILES string of the molecule is [2H]c1c([2H])c([2H])c2c(-c3ccc(N(c4ccc(-c5cccc(-c6cc7ccccc7o6)c5)cc4)c4ccc(-c5cccc6ccccc56)cc4)cc3)c([2H])c([2H])c([2H])c2c1[2H]. The monoisotopic (exact) mass is 696 g/mol. The van der Waals surface area contributed by atoms with Gasteiger partial charge in [-0.25, -0.2) is 0 Å². The average Bonchev–Trinajstić information content (AvgIpc) is 3.75. The lowest BCUT2D eigenvalue weighted by Gasteiger charge is -2.26. The van der Waals surface area contributed by atoms with Gasteiger partial charge in [-0.3, -0.25) is 0 Å². The normalized spacial score (nSPS) is 13.1. The van der Waals surface area contributed by atoms with Crippen LogP contribution in [0.25, 0.3) is 77.2 Å². The number of rotatable bonds is 7. The third-order valence-electron chi connectivity index (χ3n) is 9.98. The van der Waals surface area contributed by atoms with Crippen molar-refractivity contribution in [2.45, 2.75) is 0 Å². The third kappa shape index (κ3) is 5.81. The number of para-hydroxylation sites is 1. The first-order valence-corrected chi connectivity index (χ1v) is 17.8. The Morgan fingerprint density at radius 2 is 0.963 bits per heavy atom. The van der Waals surface area contributed by atoms with Crippen molar-refractivity contribution in [1.29, 1.82) is 0 Å². The molecular formula is C52H35NO. The Hall–Kier alpha value is -7.16. The van der Waals surface area contributed by atoms with Gasteiger partial charge in [-0.1, -0.05) is 158 Å². The van der Waals surface area contributed by atoms with Gasteiger partial charge in [0.25, 0.3) is 0 Å². The number of fused-ring (bicyclic) bond motifs is 3. The highest BCUT2D eigenvalue weighted by molar-refractivity contribution is 5.98. The molecule has 0 N–H and O–H groups in total. The Labute approximate surface area is 324 Å². The molecule has 0 bridgehead atoms. The number of hydrogen-bond donors (Lipinski definition) is 0.